The lowest BCUT2D eigenvalue weighted by molar-refractivity contribution is 0.244. The Hall–Kier alpha value is -1.29. The number of hydrogen-bond donors (Lipinski definition) is 2. The fourth-order valence-corrected chi connectivity index (χ4v) is 2.29. The number of pyridine rings is 1. The lowest BCUT2D eigenvalue weighted by atomic mass is 10.0. The van der Waals surface area contributed by atoms with Crippen LogP contribution in [0, 0.1) is 12.8 Å². The van der Waals surface area contributed by atoms with E-state index in [9.17, 15) is 5.11 Å². The summed E-state index contributed by atoms with van der Waals surface area (Å²) in [6.45, 7) is 5.23. The summed E-state index contributed by atoms with van der Waals surface area (Å²) in [5.74, 6) is 1.44. The van der Waals surface area contributed by atoms with Gasteiger partial charge in [0.1, 0.15) is 5.82 Å². The minimum Gasteiger partial charge on any atom is -0.397 e. The number of aryl methyl sites for hydroxylation is 1. The zero-order valence-corrected chi connectivity index (χ0v) is 9.85. The fourth-order valence-electron chi connectivity index (χ4n) is 2.29. The summed E-state index contributed by atoms with van der Waals surface area (Å²) in [7, 11) is 0. The molecule has 1 fully saturated rings. The molecular formula is C12H19N3O. The number of nitrogens with zero attached hydrogens (tertiary/aromatic N) is 2. The van der Waals surface area contributed by atoms with Crippen LogP contribution in [-0.4, -0.2) is 29.3 Å². The van der Waals surface area contributed by atoms with Crippen molar-refractivity contribution in [2.45, 2.75) is 26.3 Å². The van der Waals surface area contributed by atoms with Gasteiger partial charge in [-0.1, -0.05) is 6.92 Å². The van der Waals surface area contributed by atoms with Crippen LogP contribution >= 0.6 is 0 Å². The average Bonchev–Trinajstić information content (AvgIpc) is 2.63. The van der Waals surface area contributed by atoms with Crippen molar-refractivity contribution in [3.05, 3.63) is 17.8 Å². The number of aliphatic hydroxyl groups excluding tert-OH is 1. The third-order valence-corrected chi connectivity index (χ3v) is 3.48. The normalized spacial score (nSPS) is 25.1. The molecule has 3 N–H and O–H groups in total. The average molecular weight is 221 g/mol. The van der Waals surface area contributed by atoms with Gasteiger partial charge < -0.3 is 15.7 Å². The second kappa shape index (κ2) is 4.29. The molecule has 88 valence electrons. The molecule has 1 saturated heterocycles. The Balaban J connectivity index is 2.27. The van der Waals surface area contributed by atoms with Crippen molar-refractivity contribution in [2.75, 3.05) is 23.8 Å². The number of anilines is 2. The van der Waals surface area contributed by atoms with Crippen LogP contribution in [0.1, 0.15) is 19.0 Å². The maximum Gasteiger partial charge on any atom is 0.129 e. The molecule has 2 heterocycles. The van der Waals surface area contributed by atoms with Crippen molar-refractivity contribution in [2.24, 2.45) is 5.92 Å². The first-order valence-corrected chi connectivity index (χ1v) is 5.74. The van der Waals surface area contributed by atoms with Crippen molar-refractivity contribution < 1.29 is 5.11 Å². The van der Waals surface area contributed by atoms with E-state index in [4.69, 9.17) is 5.73 Å². The molecule has 0 aliphatic carbocycles. The van der Waals surface area contributed by atoms with E-state index in [2.05, 4.69) is 16.8 Å². The Bertz CT molecular complexity index is 381. The van der Waals surface area contributed by atoms with Gasteiger partial charge in [0.05, 0.1) is 24.0 Å². The fraction of sp³-hybridized carbons (Fsp3) is 0.583. The molecule has 2 unspecified atom stereocenters. The van der Waals surface area contributed by atoms with E-state index in [1.54, 1.807) is 0 Å². The number of nitrogen functional groups attached to an aromatic ring is 1. The Labute approximate surface area is 96.1 Å². The summed E-state index contributed by atoms with van der Waals surface area (Å²) in [5.41, 5.74) is 7.33. The van der Waals surface area contributed by atoms with Gasteiger partial charge in [-0.25, -0.2) is 4.98 Å². The minimum atomic E-state index is 0.187. The first-order chi connectivity index (χ1) is 7.63. The molecule has 0 saturated carbocycles. The molecule has 4 heteroatoms. The smallest absolute Gasteiger partial charge is 0.129 e. The molecule has 1 aromatic rings. The van der Waals surface area contributed by atoms with E-state index in [0.29, 0.717) is 5.92 Å². The van der Waals surface area contributed by atoms with E-state index in [1.165, 1.54) is 0 Å². The van der Waals surface area contributed by atoms with Gasteiger partial charge in [0.15, 0.2) is 0 Å². The third kappa shape index (κ3) is 1.85. The van der Waals surface area contributed by atoms with Crippen LogP contribution in [0.4, 0.5) is 11.5 Å². The maximum absolute atomic E-state index is 9.40. The van der Waals surface area contributed by atoms with E-state index in [-0.39, 0.29) is 12.6 Å². The molecule has 2 atom stereocenters. The molecule has 16 heavy (non-hydrogen) atoms. The van der Waals surface area contributed by atoms with Crippen LogP contribution in [-0.2, 0) is 0 Å². The largest absolute Gasteiger partial charge is 0.397 e. The third-order valence-electron chi connectivity index (χ3n) is 3.48. The van der Waals surface area contributed by atoms with Crippen molar-refractivity contribution >= 4 is 11.5 Å². The first kappa shape index (κ1) is 11.2. The Morgan fingerprint density at radius 2 is 2.31 bits per heavy atom. The van der Waals surface area contributed by atoms with E-state index < -0.39 is 0 Å². The molecular weight excluding hydrogens is 202 g/mol. The van der Waals surface area contributed by atoms with Crippen molar-refractivity contribution in [3.63, 3.8) is 0 Å². The zero-order valence-electron chi connectivity index (χ0n) is 9.85. The molecule has 0 spiro atoms. The zero-order chi connectivity index (χ0) is 11.7. The number of nitrogens with two attached hydrogens (primary N) is 1. The molecule has 2 rings (SSSR count). The van der Waals surface area contributed by atoms with Gasteiger partial charge in [-0.05, 0) is 31.4 Å². The predicted octanol–water partition coefficient (Wildman–Crippen LogP) is 1.18. The van der Waals surface area contributed by atoms with Crippen LogP contribution in [0.2, 0.25) is 0 Å². The van der Waals surface area contributed by atoms with Gasteiger partial charge in [0, 0.05) is 6.54 Å². The Kier molecular flexibility index (Phi) is 3.01. The summed E-state index contributed by atoms with van der Waals surface area (Å²) < 4.78 is 0. The minimum absolute atomic E-state index is 0.187. The molecule has 1 aliphatic rings. The topological polar surface area (TPSA) is 62.4 Å². The number of hydrogen-bond acceptors (Lipinski definition) is 4. The van der Waals surface area contributed by atoms with Crippen LogP contribution in [0.5, 0.6) is 0 Å². The quantitative estimate of drug-likeness (QED) is 0.787. The molecule has 1 aliphatic heterocycles. The van der Waals surface area contributed by atoms with Crippen molar-refractivity contribution in [1.82, 2.24) is 4.98 Å². The highest BCUT2D eigenvalue weighted by molar-refractivity contribution is 5.51. The lowest BCUT2D eigenvalue weighted by Crippen LogP contribution is -2.35. The van der Waals surface area contributed by atoms with Gasteiger partial charge in [0.25, 0.3) is 0 Å². The van der Waals surface area contributed by atoms with Gasteiger partial charge in [-0.2, -0.15) is 0 Å². The first-order valence-electron chi connectivity index (χ1n) is 5.74. The summed E-state index contributed by atoms with van der Waals surface area (Å²) in [6.07, 6.45) is 1.11. The van der Waals surface area contributed by atoms with Gasteiger partial charge in [-0.15, -0.1) is 0 Å². The van der Waals surface area contributed by atoms with Crippen molar-refractivity contribution in [3.8, 4) is 0 Å². The standard InChI is InChI=1S/C12H19N3O/c1-8-5-6-15(11(8)7-16)12-4-3-10(13)9(2)14-12/h3-4,8,11,16H,5-7,13H2,1-2H3. The lowest BCUT2D eigenvalue weighted by Gasteiger charge is -2.26. The molecule has 1 aromatic heterocycles. The molecule has 0 radical (unpaired) electrons. The molecule has 0 amide bonds. The van der Waals surface area contributed by atoms with Gasteiger partial charge in [-0.3, -0.25) is 0 Å². The molecule has 0 bridgehead atoms. The van der Waals surface area contributed by atoms with Crippen LogP contribution in [0.3, 0.4) is 0 Å². The highest BCUT2D eigenvalue weighted by atomic mass is 16.3. The SMILES string of the molecule is Cc1nc(N2CCC(C)C2CO)ccc1N. The monoisotopic (exact) mass is 221 g/mol. The highest BCUT2D eigenvalue weighted by Gasteiger charge is 2.31. The van der Waals surface area contributed by atoms with E-state index in [0.717, 1.165) is 30.2 Å². The summed E-state index contributed by atoms with van der Waals surface area (Å²) in [5, 5.41) is 9.40. The van der Waals surface area contributed by atoms with E-state index in [1.807, 2.05) is 19.1 Å². The second-order valence-electron chi connectivity index (χ2n) is 4.55. The highest BCUT2D eigenvalue weighted by Crippen LogP contribution is 2.28. The number of aromatic nitrogens is 1. The number of aliphatic hydroxyl groups is 1. The van der Waals surface area contributed by atoms with Crippen molar-refractivity contribution in [1.29, 1.82) is 0 Å². The Morgan fingerprint density at radius 3 is 2.94 bits per heavy atom. The molecule has 4 nitrogen and oxygen atoms in total. The summed E-state index contributed by atoms with van der Waals surface area (Å²) in [4.78, 5) is 6.65. The second-order valence-corrected chi connectivity index (χ2v) is 4.55. The molecule has 0 aromatic carbocycles. The maximum atomic E-state index is 9.40. The van der Waals surface area contributed by atoms with Gasteiger partial charge >= 0.3 is 0 Å². The van der Waals surface area contributed by atoms with E-state index >= 15 is 0 Å². The predicted molar refractivity (Wildman–Crippen MR) is 65.4 cm³/mol. The van der Waals surface area contributed by atoms with Crippen LogP contribution < -0.4 is 10.6 Å². The number of rotatable bonds is 2. The summed E-state index contributed by atoms with van der Waals surface area (Å²) >= 11 is 0. The van der Waals surface area contributed by atoms with Crippen LogP contribution in [0.25, 0.3) is 0 Å². The van der Waals surface area contributed by atoms with Crippen LogP contribution in [0.15, 0.2) is 12.1 Å². The summed E-state index contributed by atoms with van der Waals surface area (Å²) in [6, 6.07) is 4.01. The Morgan fingerprint density at radius 1 is 1.56 bits per heavy atom. The van der Waals surface area contributed by atoms with Gasteiger partial charge in [0.2, 0.25) is 0 Å².